The largest absolute Gasteiger partial charge is 0.463 e. The molecule has 1 heterocycles. The summed E-state index contributed by atoms with van der Waals surface area (Å²) in [4.78, 5) is 13.7. The molecule has 4 heteroatoms. The third-order valence-corrected chi connectivity index (χ3v) is 2.62. The summed E-state index contributed by atoms with van der Waals surface area (Å²) in [6.45, 7) is 14.3. The summed E-state index contributed by atoms with van der Waals surface area (Å²) in [6, 6.07) is 0. The molecule has 0 aliphatic carbocycles. The molecular weight excluding hydrogens is 218 g/mol. The Morgan fingerprint density at radius 3 is 2.76 bits per heavy atom. The molecule has 0 amide bonds. The summed E-state index contributed by atoms with van der Waals surface area (Å²) >= 11 is 0. The van der Waals surface area contributed by atoms with E-state index < -0.39 is 0 Å². The third-order valence-electron chi connectivity index (χ3n) is 2.62. The van der Waals surface area contributed by atoms with Crippen molar-refractivity contribution >= 4 is 5.97 Å². The van der Waals surface area contributed by atoms with Crippen LogP contribution in [0.3, 0.4) is 0 Å². The van der Waals surface area contributed by atoms with Gasteiger partial charge in [0.05, 0.1) is 18.3 Å². The molecule has 0 bridgehead atoms. The summed E-state index contributed by atoms with van der Waals surface area (Å²) in [6.07, 6.45) is 0.175. The fourth-order valence-electron chi connectivity index (χ4n) is 2.27. The van der Waals surface area contributed by atoms with E-state index in [1.54, 1.807) is 6.92 Å². The van der Waals surface area contributed by atoms with Crippen LogP contribution in [0.5, 0.6) is 0 Å². The number of rotatable bonds is 4. The molecule has 0 aromatic rings. The Morgan fingerprint density at radius 1 is 1.59 bits per heavy atom. The van der Waals surface area contributed by atoms with Gasteiger partial charge in [-0.15, -0.1) is 0 Å². The lowest BCUT2D eigenvalue weighted by Crippen LogP contribution is -2.52. The molecule has 1 aliphatic rings. The molecule has 4 nitrogen and oxygen atoms in total. The highest BCUT2D eigenvalue weighted by Gasteiger charge is 2.31. The van der Waals surface area contributed by atoms with Gasteiger partial charge in [0.25, 0.3) is 0 Å². The van der Waals surface area contributed by atoms with Crippen molar-refractivity contribution in [3.8, 4) is 0 Å². The van der Waals surface area contributed by atoms with Gasteiger partial charge in [-0.05, 0) is 27.7 Å². The van der Waals surface area contributed by atoms with E-state index >= 15 is 0 Å². The van der Waals surface area contributed by atoms with Gasteiger partial charge in [0.1, 0.15) is 0 Å². The van der Waals surface area contributed by atoms with Crippen molar-refractivity contribution in [1.82, 2.24) is 4.90 Å². The fourth-order valence-corrected chi connectivity index (χ4v) is 2.27. The monoisotopic (exact) mass is 241 g/mol. The second kappa shape index (κ2) is 5.65. The fraction of sp³-hybridized carbons (Fsp3) is 0.769. The SMILES string of the molecule is C=C(CN1CC(C)OC(C)(C)C1)C(=O)OCC. The summed E-state index contributed by atoms with van der Waals surface area (Å²) in [5.41, 5.74) is 0.337. The zero-order chi connectivity index (χ0) is 13.1. The lowest BCUT2D eigenvalue weighted by atomic mass is 10.0. The van der Waals surface area contributed by atoms with Crippen molar-refractivity contribution in [2.45, 2.75) is 39.4 Å². The van der Waals surface area contributed by atoms with Gasteiger partial charge in [0.2, 0.25) is 0 Å². The van der Waals surface area contributed by atoms with Gasteiger partial charge in [0.15, 0.2) is 0 Å². The van der Waals surface area contributed by atoms with Crippen molar-refractivity contribution in [3.63, 3.8) is 0 Å². The van der Waals surface area contributed by atoms with Crippen LogP contribution in [0.2, 0.25) is 0 Å². The first-order valence-electron chi connectivity index (χ1n) is 6.09. The van der Waals surface area contributed by atoms with Crippen molar-refractivity contribution in [3.05, 3.63) is 12.2 Å². The summed E-state index contributed by atoms with van der Waals surface area (Å²) < 4.78 is 10.7. The quantitative estimate of drug-likeness (QED) is 0.553. The van der Waals surface area contributed by atoms with Crippen molar-refractivity contribution < 1.29 is 14.3 Å². The molecule has 1 aliphatic heterocycles. The van der Waals surface area contributed by atoms with Crippen LogP contribution in [0.1, 0.15) is 27.7 Å². The van der Waals surface area contributed by atoms with E-state index in [2.05, 4.69) is 25.3 Å². The number of hydrogen-bond acceptors (Lipinski definition) is 4. The normalized spacial score (nSPS) is 24.4. The van der Waals surface area contributed by atoms with Gasteiger partial charge in [-0.3, -0.25) is 4.90 Å². The predicted molar refractivity (Wildman–Crippen MR) is 66.8 cm³/mol. The molecular formula is C13H23NO3. The Balaban J connectivity index is 2.51. The first-order chi connectivity index (χ1) is 7.84. The zero-order valence-electron chi connectivity index (χ0n) is 11.3. The molecule has 98 valence electrons. The number of morpholine rings is 1. The minimum absolute atomic E-state index is 0.174. The van der Waals surface area contributed by atoms with Crippen LogP contribution in [-0.4, -0.2) is 48.8 Å². The summed E-state index contributed by atoms with van der Waals surface area (Å²) in [7, 11) is 0. The van der Waals surface area contributed by atoms with E-state index in [9.17, 15) is 4.79 Å². The predicted octanol–water partition coefficient (Wildman–Crippen LogP) is 1.60. The van der Waals surface area contributed by atoms with E-state index in [1.807, 2.05) is 6.92 Å². The molecule has 17 heavy (non-hydrogen) atoms. The Hall–Kier alpha value is -0.870. The number of hydrogen-bond donors (Lipinski definition) is 0. The van der Waals surface area contributed by atoms with E-state index in [1.165, 1.54) is 0 Å². The van der Waals surface area contributed by atoms with Crippen molar-refractivity contribution in [1.29, 1.82) is 0 Å². The van der Waals surface area contributed by atoms with Gasteiger partial charge in [-0.25, -0.2) is 4.79 Å². The molecule has 1 rings (SSSR count). The van der Waals surface area contributed by atoms with Gasteiger partial charge in [-0.1, -0.05) is 6.58 Å². The lowest BCUT2D eigenvalue weighted by Gasteiger charge is -2.41. The maximum Gasteiger partial charge on any atom is 0.334 e. The molecule has 0 aromatic heterocycles. The Kier molecular flexibility index (Phi) is 4.71. The summed E-state index contributed by atoms with van der Waals surface area (Å²) in [5.74, 6) is -0.301. The number of carbonyl (C=O) groups is 1. The van der Waals surface area contributed by atoms with Crippen LogP contribution in [0.4, 0.5) is 0 Å². The zero-order valence-corrected chi connectivity index (χ0v) is 11.3. The average molecular weight is 241 g/mol. The number of nitrogens with zero attached hydrogens (tertiary/aromatic N) is 1. The van der Waals surface area contributed by atoms with Crippen molar-refractivity contribution in [2.24, 2.45) is 0 Å². The molecule has 1 unspecified atom stereocenters. The second-order valence-corrected chi connectivity index (χ2v) is 5.18. The standard InChI is InChI=1S/C13H23NO3/c1-6-16-12(15)10(2)7-14-8-11(3)17-13(4,5)9-14/h11H,2,6-9H2,1,3-5H3. The molecule has 0 spiro atoms. The van der Waals surface area contributed by atoms with Crippen LogP contribution in [0, 0.1) is 0 Å². The van der Waals surface area contributed by atoms with E-state index in [-0.39, 0.29) is 17.7 Å². The topological polar surface area (TPSA) is 38.8 Å². The summed E-state index contributed by atoms with van der Waals surface area (Å²) in [5, 5.41) is 0. The Labute approximate surface area is 104 Å². The van der Waals surface area contributed by atoms with E-state index in [0.29, 0.717) is 18.7 Å². The number of carbonyl (C=O) groups excluding carboxylic acids is 1. The number of esters is 1. The van der Waals surface area contributed by atoms with Gasteiger partial charge >= 0.3 is 5.97 Å². The molecule has 0 radical (unpaired) electrons. The smallest absolute Gasteiger partial charge is 0.334 e. The molecule has 0 saturated carbocycles. The van der Waals surface area contributed by atoms with Crippen LogP contribution in [0.25, 0.3) is 0 Å². The molecule has 1 fully saturated rings. The van der Waals surface area contributed by atoms with Crippen LogP contribution < -0.4 is 0 Å². The van der Waals surface area contributed by atoms with Gasteiger partial charge in [-0.2, -0.15) is 0 Å². The number of ether oxygens (including phenoxy) is 2. The van der Waals surface area contributed by atoms with E-state index in [0.717, 1.165) is 13.1 Å². The van der Waals surface area contributed by atoms with Crippen LogP contribution in [0.15, 0.2) is 12.2 Å². The van der Waals surface area contributed by atoms with E-state index in [4.69, 9.17) is 9.47 Å². The Morgan fingerprint density at radius 2 is 2.24 bits per heavy atom. The molecule has 0 aromatic carbocycles. The van der Waals surface area contributed by atoms with Crippen LogP contribution in [-0.2, 0) is 14.3 Å². The highest BCUT2D eigenvalue weighted by Crippen LogP contribution is 2.21. The third kappa shape index (κ3) is 4.48. The van der Waals surface area contributed by atoms with Gasteiger partial charge in [0, 0.05) is 25.2 Å². The second-order valence-electron chi connectivity index (χ2n) is 5.18. The van der Waals surface area contributed by atoms with Crippen LogP contribution >= 0.6 is 0 Å². The first kappa shape index (κ1) is 14.2. The first-order valence-corrected chi connectivity index (χ1v) is 6.09. The van der Waals surface area contributed by atoms with Gasteiger partial charge < -0.3 is 9.47 Å². The average Bonchev–Trinajstić information content (AvgIpc) is 2.14. The Bertz CT molecular complexity index is 299. The molecule has 1 saturated heterocycles. The minimum Gasteiger partial charge on any atom is -0.463 e. The maximum absolute atomic E-state index is 11.5. The molecule has 1 atom stereocenters. The highest BCUT2D eigenvalue weighted by molar-refractivity contribution is 5.88. The lowest BCUT2D eigenvalue weighted by molar-refractivity contribution is -0.141. The highest BCUT2D eigenvalue weighted by atomic mass is 16.5. The van der Waals surface area contributed by atoms with Crippen molar-refractivity contribution in [2.75, 3.05) is 26.2 Å². The maximum atomic E-state index is 11.5. The molecule has 0 N–H and O–H groups in total. The minimum atomic E-state index is -0.301.